The van der Waals surface area contributed by atoms with Gasteiger partial charge in [-0.05, 0) is 44.2 Å². The molecule has 104 valence electrons. The zero-order valence-corrected chi connectivity index (χ0v) is 11.9. The first-order valence-electron chi connectivity index (χ1n) is 6.20. The van der Waals surface area contributed by atoms with Crippen LogP contribution in [0.15, 0.2) is 47.6 Å². The molecule has 0 aliphatic carbocycles. The fourth-order valence-electron chi connectivity index (χ4n) is 1.77. The zero-order chi connectivity index (χ0) is 14.7. The second-order valence-corrected chi connectivity index (χ2v) is 4.99. The quantitative estimate of drug-likeness (QED) is 0.836. The Morgan fingerprint density at radius 2 is 2.05 bits per heavy atom. The van der Waals surface area contributed by atoms with Crippen LogP contribution in [0.3, 0.4) is 0 Å². The minimum Gasteiger partial charge on any atom is -0.268 e. The van der Waals surface area contributed by atoms with Gasteiger partial charge in [0.1, 0.15) is 11.3 Å². The molecule has 0 amide bonds. The van der Waals surface area contributed by atoms with Gasteiger partial charge in [-0.25, -0.2) is 4.39 Å². The Bertz CT molecular complexity index is 707. The topological polar surface area (TPSA) is 34.4 Å². The van der Waals surface area contributed by atoms with Gasteiger partial charge in [0.2, 0.25) is 0 Å². The van der Waals surface area contributed by atoms with E-state index in [0.717, 1.165) is 6.07 Å². The number of benzene rings is 1. The average molecular weight is 293 g/mol. The largest absolute Gasteiger partial charge is 0.268 e. The molecule has 20 heavy (non-hydrogen) atoms. The van der Waals surface area contributed by atoms with Gasteiger partial charge in [0.05, 0.1) is 10.6 Å². The van der Waals surface area contributed by atoms with Crippen LogP contribution < -0.4 is 5.49 Å². The van der Waals surface area contributed by atoms with Gasteiger partial charge in [-0.3, -0.25) is 14.4 Å². The molecular weight excluding hydrogens is 279 g/mol. The van der Waals surface area contributed by atoms with Crippen LogP contribution >= 0.6 is 11.6 Å². The summed E-state index contributed by atoms with van der Waals surface area (Å²) in [5.41, 5.74) is 0.775. The van der Waals surface area contributed by atoms with Crippen LogP contribution in [0.25, 0.3) is 0 Å². The van der Waals surface area contributed by atoms with Gasteiger partial charge in [0, 0.05) is 12.2 Å². The number of hydrogen-bond donors (Lipinski definition) is 0. The van der Waals surface area contributed by atoms with Gasteiger partial charge < -0.3 is 0 Å². The summed E-state index contributed by atoms with van der Waals surface area (Å²) >= 11 is 5.93. The second-order valence-electron chi connectivity index (χ2n) is 4.58. The number of carbonyl (C=O) groups is 1. The summed E-state index contributed by atoms with van der Waals surface area (Å²) in [6.45, 7) is 3.85. The first-order valence-corrected chi connectivity index (χ1v) is 6.58. The Hall–Kier alpha value is -1.94. The van der Waals surface area contributed by atoms with Crippen LogP contribution in [0, 0.1) is 5.82 Å². The minimum atomic E-state index is -0.475. The Balaban J connectivity index is 2.54. The van der Waals surface area contributed by atoms with Crippen molar-refractivity contribution in [1.29, 1.82) is 0 Å². The van der Waals surface area contributed by atoms with Gasteiger partial charge >= 0.3 is 0 Å². The number of rotatable bonds is 2. The first kappa shape index (κ1) is 14.5. The molecule has 0 atom stereocenters. The van der Waals surface area contributed by atoms with Crippen LogP contribution in [0.2, 0.25) is 5.02 Å². The van der Waals surface area contributed by atoms with E-state index in [4.69, 9.17) is 11.6 Å². The lowest BCUT2D eigenvalue weighted by molar-refractivity contribution is 0.0954. The van der Waals surface area contributed by atoms with Crippen molar-refractivity contribution in [3.8, 4) is 0 Å². The van der Waals surface area contributed by atoms with E-state index in [1.807, 2.05) is 13.8 Å². The molecule has 2 aromatic rings. The lowest BCUT2D eigenvalue weighted by Gasteiger charge is -2.08. The maximum absolute atomic E-state index is 13.0. The Kier molecular flexibility index (Phi) is 4.35. The molecule has 1 aromatic carbocycles. The third-order valence-electron chi connectivity index (χ3n) is 2.61. The van der Waals surface area contributed by atoms with Crippen LogP contribution in [-0.2, 0) is 0 Å². The smallest absolute Gasteiger partial charge is 0.265 e. The summed E-state index contributed by atoms with van der Waals surface area (Å²) in [6, 6.07) is 9.04. The van der Waals surface area contributed by atoms with E-state index < -0.39 is 5.82 Å². The molecule has 0 bridgehead atoms. The number of hydrogen-bond acceptors (Lipinski definition) is 2. The van der Waals surface area contributed by atoms with E-state index in [2.05, 4.69) is 4.99 Å². The van der Waals surface area contributed by atoms with Gasteiger partial charge in [0.25, 0.3) is 5.91 Å². The summed E-state index contributed by atoms with van der Waals surface area (Å²) in [5, 5.41) is 0.0850. The normalized spacial score (nSPS) is 11.9. The summed E-state index contributed by atoms with van der Waals surface area (Å²) in [6.07, 6.45) is 1.61. The molecule has 0 N–H and O–H groups in total. The highest BCUT2D eigenvalue weighted by molar-refractivity contribution is 6.33. The van der Waals surface area contributed by atoms with E-state index >= 15 is 0 Å². The van der Waals surface area contributed by atoms with E-state index in [-0.39, 0.29) is 22.5 Å². The maximum Gasteiger partial charge on any atom is 0.265 e. The van der Waals surface area contributed by atoms with E-state index in [1.165, 1.54) is 16.7 Å². The van der Waals surface area contributed by atoms with Crippen LogP contribution in [0.5, 0.6) is 0 Å². The second kappa shape index (κ2) is 6.01. The number of carbonyl (C=O) groups excluding carboxylic acids is 1. The number of nitrogens with zero attached hydrogens (tertiary/aromatic N) is 2. The van der Waals surface area contributed by atoms with Crippen molar-refractivity contribution >= 4 is 17.5 Å². The molecule has 0 saturated heterocycles. The molecule has 0 unspecified atom stereocenters. The minimum absolute atomic E-state index is 0.0557. The van der Waals surface area contributed by atoms with Gasteiger partial charge in [-0.1, -0.05) is 17.7 Å². The van der Waals surface area contributed by atoms with Crippen molar-refractivity contribution in [1.82, 2.24) is 4.57 Å². The van der Waals surface area contributed by atoms with E-state index in [9.17, 15) is 9.18 Å². The fourth-order valence-corrected chi connectivity index (χ4v) is 2.02. The Morgan fingerprint density at radius 1 is 1.30 bits per heavy atom. The molecule has 3 nitrogen and oxygen atoms in total. The summed E-state index contributed by atoms with van der Waals surface area (Å²) in [4.78, 5) is 16.9. The third-order valence-corrected chi connectivity index (χ3v) is 2.92. The number of pyridine rings is 1. The van der Waals surface area contributed by atoms with Crippen LogP contribution in [-0.4, -0.2) is 16.5 Å². The molecular formula is C15H14ClFN2O. The predicted octanol–water partition coefficient (Wildman–Crippen LogP) is 3.28. The molecule has 0 aliphatic heterocycles. The highest BCUT2D eigenvalue weighted by atomic mass is 35.5. The molecule has 0 fully saturated rings. The molecule has 1 heterocycles. The molecule has 5 heteroatoms. The summed E-state index contributed by atoms with van der Waals surface area (Å²) in [7, 11) is 0. The number of aromatic nitrogens is 1. The van der Waals surface area contributed by atoms with Crippen LogP contribution in [0.4, 0.5) is 4.39 Å². The summed E-state index contributed by atoms with van der Waals surface area (Å²) in [5.74, 6) is -0.813. The molecule has 0 aliphatic rings. The van der Waals surface area contributed by atoms with E-state index in [0.29, 0.717) is 5.49 Å². The molecule has 0 saturated carbocycles. The summed E-state index contributed by atoms with van der Waals surface area (Å²) < 4.78 is 14.4. The molecule has 2 rings (SSSR count). The molecule has 1 aromatic heterocycles. The lowest BCUT2D eigenvalue weighted by Crippen LogP contribution is -2.28. The average Bonchev–Trinajstić information content (AvgIpc) is 2.38. The predicted molar refractivity (Wildman–Crippen MR) is 76.3 cm³/mol. The highest BCUT2D eigenvalue weighted by Gasteiger charge is 2.13. The van der Waals surface area contributed by atoms with Crippen molar-refractivity contribution in [3.05, 3.63) is 64.5 Å². The van der Waals surface area contributed by atoms with Crippen molar-refractivity contribution in [2.75, 3.05) is 0 Å². The molecule has 0 radical (unpaired) electrons. The van der Waals surface area contributed by atoms with Crippen molar-refractivity contribution in [3.63, 3.8) is 0 Å². The lowest BCUT2D eigenvalue weighted by atomic mass is 10.2. The maximum atomic E-state index is 13.0. The van der Waals surface area contributed by atoms with E-state index in [1.54, 1.807) is 24.4 Å². The Morgan fingerprint density at radius 3 is 2.70 bits per heavy atom. The highest BCUT2D eigenvalue weighted by Crippen LogP contribution is 2.17. The van der Waals surface area contributed by atoms with Crippen molar-refractivity contribution < 1.29 is 9.18 Å². The zero-order valence-electron chi connectivity index (χ0n) is 11.2. The SMILES string of the molecule is CC(C)N=c1ccccn1C(=O)c1ccc(F)cc1Cl. The van der Waals surface area contributed by atoms with Crippen LogP contribution in [0.1, 0.15) is 24.2 Å². The van der Waals surface area contributed by atoms with Crippen molar-refractivity contribution in [2.45, 2.75) is 19.9 Å². The number of halogens is 2. The monoisotopic (exact) mass is 292 g/mol. The first-order chi connectivity index (χ1) is 9.49. The Labute approximate surface area is 121 Å². The van der Waals surface area contributed by atoms with Crippen molar-refractivity contribution in [2.24, 2.45) is 4.99 Å². The molecule has 0 spiro atoms. The fraction of sp³-hybridized carbons (Fsp3) is 0.200. The third kappa shape index (κ3) is 3.14. The van der Waals surface area contributed by atoms with Gasteiger partial charge in [0.15, 0.2) is 0 Å². The van der Waals surface area contributed by atoms with Gasteiger partial charge in [-0.15, -0.1) is 0 Å². The van der Waals surface area contributed by atoms with Gasteiger partial charge in [-0.2, -0.15) is 0 Å². The standard InChI is InChI=1S/C15H14ClFN2O/c1-10(2)18-14-5-3-4-8-19(14)15(20)12-7-6-11(17)9-13(12)16/h3-10H,1-2H3.